The minimum atomic E-state index is 0.620. The number of hydrogen-bond donors (Lipinski definition) is 0. The van der Waals surface area contributed by atoms with Gasteiger partial charge in [-0.1, -0.05) is 18.6 Å². The molecule has 2 bridgehead atoms. The van der Waals surface area contributed by atoms with E-state index in [1.54, 1.807) is 5.57 Å². The smallest absolute Gasteiger partial charge is 0.0138 e. The van der Waals surface area contributed by atoms with Crippen molar-refractivity contribution in [2.45, 2.75) is 33.1 Å². The molecule has 0 N–H and O–H groups in total. The highest BCUT2D eigenvalue weighted by molar-refractivity contribution is 5.21. The van der Waals surface area contributed by atoms with Crippen LogP contribution in [0.4, 0.5) is 0 Å². The van der Waals surface area contributed by atoms with Gasteiger partial charge in [-0.25, -0.2) is 0 Å². The third-order valence-corrected chi connectivity index (χ3v) is 3.00. The molecule has 1 saturated carbocycles. The van der Waals surface area contributed by atoms with Gasteiger partial charge in [-0.15, -0.1) is 0 Å². The number of rotatable bonds is 0. The average Bonchev–Trinajstić information content (AvgIpc) is 2.20. The lowest BCUT2D eigenvalue weighted by molar-refractivity contribution is 0.455. The Hall–Kier alpha value is -0.260. The summed E-state index contributed by atoms with van der Waals surface area (Å²) in [4.78, 5) is 0. The average molecular weight is 122 g/mol. The molecule has 2 rings (SSSR count). The van der Waals surface area contributed by atoms with Crippen molar-refractivity contribution < 1.29 is 0 Å². The van der Waals surface area contributed by atoms with Crippen LogP contribution in [0.5, 0.6) is 0 Å². The first-order valence-corrected chi connectivity index (χ1v) is 3.89. The highest BCUT2D eigenvalue weighted by atomic mass is 14.4. The largest absolute Gasteiger partial charge is 0.0794 e. The van der Waals surface area contributed by atoms with Crippen molar-refractivity contribution >= 4 is 0 Å². The minimum absolute atomic E-state index is 0.620. The van der Waals surface area contributed by atoms with E-state index in [2.05, 4.69) is 19.9 Å². The fourth-order valence-electron chi connectivity index (χ4n) is 2.46. The fourth-order valence-corrected chi connectivity index (χ4v) is 2.46. The standard InChI is InChI=1S/C9H14/c1-7-5-9(2)4-3-8(7)6-9/h5,8H,3-4,6H2,1-2H3. The Balaban J connectivity index is 2.35. The Morgan fingerprint density at radius 1 is 1.67 bits per heavy atom. The first-order chi connectivity index (χ1) is 4.20. The molecular weight excluding hydrogens is 108 g/mol. The number of allylic oxidation sites excluding steroid dienone is 2. The molecule has 0 spiro atoms. The van der Waals surface area contributed by atoms with Crippen LogP contribution in [-0.4, -0.2) is 0 Å². The molecule has 9 heavy (non-hydrogen) atoms. The zero-order valence-corrected chi connectivity index (χ0v) is 6.28. The molecule has 2 unspecified atom stereocenters. The number of hydrogen-bond acceptors (Lipinski definition) is 0. The predicted octanol–water partition coefficient (Wildman–Crippen LogP) is 2.75. The molecule has 50 valence electrons. The summed E-state index contributed by atoms with van der Waals surface area (Å²) < 4.78 is 0. The molecule has 0 aromatic heterocycles. The van der Waals surface area contributed by atoms with Gasteiger partial charge in [0.1, 0.15) is 0 Å². The highest BCUT2D eigenvalue weighted by Crippen LogP contribution is 2.51. The van der Waals surface area contributed by atoms with Crippen molar-refractivity contribution in [3.05, 3.63) is 11.6 Å². The van der Waals surface area contributed by atoms with E-state index in [-0.39, 0.29) is 0 Å². The quantitative estimate of drug-likeness (QED) is 0.433. The summed E-state index contributed by atoms with van der Waals surface area (Å²) in [6, 6.07) is 0. The minimum Gasteiger partial charge on any atom is -0.0794 e. The van der Waals surface area contributed by atoms with E-state index in [1.807, 2.05) is 0 Å². The van der Waals surface area contributed by atoms with Crippen LogP contribution in [-0.2, 0) is 0 Å². The monoisotopic (exact) mass is 122 g/mol. The van der Waals surface area contributed by atoms with Gasteiger partial charge >= 0.3 is 0 Å². The molecule has 0 aromatic rings. The van der Waals surface area contributed by atoms with Gasteiger partial charge in [0.05, 0.1) is 0 Å². The maximum atomic E-state index is 2.49. The second-order valence-electron chi connectivity index (χ2n) is 3.98. The van der Waals surface area contributed by atoms with Crippen LogP contribution in [0.3, 0.4) is 0 Å². The summed E-state index contributed by atoms with van der Waals surface area (Å²) >= 11 is 0. The third-order valence-electron chi connectivity index (χ3n) is 3.00. The Morgan fingerprint density at radius 3 is 2.67 bits per heavy atom. The second kappa shape index (κ2) is 1.42. The van der Waals surface area contributed by atoms with Gasteiger partial charge in [0.15, 0.2) is 0 Å². The lowest BCUT2D eigenvalue weighted by atomic mass is 9.90. The Morgan fingerprint density at radius 2 is 2.44 bits per heavy atom. The van der Waals surface area contributed by atoms with Crippen molar-refractivity contribution in [3.8, 4) is 0 Å². The van der Waals surface area contributed by atoms with Crippen molar-refractivity contribution in [1.82, 2.24) is 0 Å². The summed E-state index contributed by atoms with van der Waals surface area (Å²) in [7, 11) is 0. The molecule has 2 aliphatic carbocycles. The van der Waals surface area contributed by atoms with E-state index >= 15 is 0 Å². The highest BCUT2D eigenvalue weighted by Gasteiger charge is 2.39. The van der Waals surface area contributed by atoms with E-state index in [0.29, 0.717) is 5.41 Å². The van der Waals surface area contributed by atoms with Gasteiger partial charge in [-0.2, -0.15) is 0 Å². The van der Waals surface area contributed by atoms with Gasteiger partial charge in [0.2, 0.25) is 0 Å². The molecule has 0 radical (unpaired) electrons. The maximum absolute atomic E-state index is 2.49. The third kappa shape index (κ3) is 0.654. The zero-order chi connectivity index (χ0) is 6.48. The van der Waals surface area contributed by atoms with Crippen molar-refractivity contribution in [3.63, 3.8) is 0 Å². The molecule has 0 amide bonds. The van der Waals surface area contributed by atoms with Crippen LogP contribution in [0.2, 0.25) is 0 Å². The van der Waals surface area contributed by atoms with Crippen LogP contribution >= 0.6 is 0 Å². The summed E-state index contributed by atoms with van der Waals surface area (Å²) in [5, 5.41) is 0. The molecule has 0 aliphatic heterocycles. The SMILES string of the molecule is CC1=CC2(C)CCC1C2. The van der Waals surface area contributed by atoms with Crippen LogP contribution in [0.15, 0.2) is 11.6 Å². The first-order valence-electron chi connectivity index (χ1n) is 3.89. The van der Waals surface area contributed by atoms with E-state index in [1.165, 1.54) is 19.3 Å². The van der Waals surface area contributed by atoms with Gasteiger partial charge in [-0.3, -0.25) is 0 Å². The van der Waals surface area contributed by atoms with Gasteiger partial charge in [-0.05, 0) is 37.5 Å². The molecule has 2 aliphatic rings. The maximum Gasteiger partial charge on any atom is -0.0138 e. The predicted molar refractivity (Wildman–Crippen MR) is 39.2 cm³/mol. The van der Waals surface area contributed by atoms with E-state index in [0.717, 1.165) is 5.92 Å². The molecule has 0 nitrogen and oxygen atoms in total. The van der Waals surface area contributed by atoms with Gasteiger partial charge < -0.3 is 0 Å². The first kappa shape index (κ1) is 5.52. The van der Waals surface area contributed by atoms with Crippen molar-refractivity contribution in [1.29, 1.82) is 0 Å². The topological polar surface area (TPSA) is 0 Å². The van der Waals surface area contributed by atoms with Crippen LogP contribution in [0.1, 0.15) is 33.1 Å². The lowest BCUT2D eigenvalue weighted by Gasteiger charge is -2.15. The molecule has 0 saturated heterocycles. The zero-order valence-electron chi connectivity index (χ0n) is 6.28. The van der Waals surface area contributed by atoms with Gasteiger partial charge in [0, 0.05) is 0 Å². The van der Waals surface area contributed by atoms with E-state index in [9.17, 15) is 0 Å². The molecule has 0 aromatic carbocycles. The van der Waals surface area contributed by atoms with E-state index < -0.39 is 0 Å². The second-order valence-corrected chi connectivity index (χ2v) is 3.98. The molecule has 1 fully saturated rings. The summed E-state index contributed by atoms with van der Waals surface area (Å²) in [5.74, 6) is 0.968. The molecule has 0 heteroatoms. The summed E-state index contributed by atoms with van der Waals surface area (Å²) in [6.45, 7) is 4.68. The molecule has 0 heterocycles. The molecular formula is C9H14. The van der Waals surface area contributed by atoms with E-state index in [4.69, 9.17) is 0 Å². The summed E-state index contributed by atoms with van der Waals surface area (Å²) in [5.41, 5.74) is 2.28. The fraction of sp³-hybridized carbons (Fsp3) is 0.778. The Bertz CT molecular complexity index is 167. The number of fused-ring (bicyclic) bond motifs is 2. The van der Waals surface area contributed by atoms with Crippen molar-refractivity contribution in [2.75, 3.05) is 0 Å². The lowest BCUT2D eigenvalue weighted by Crippen LogP contribution is -2.03. The van der Waals surface area contributed by atoms with Crippen LogP contribution in [0.25, 0.3) is 0 Å². The van der Waals surface area contributed by atoms with Crippen LogP contribution in [0, 0.1) is 11.3 Å². The van der Waals surface area contributed by atoms with Crippen molar-refractivity contribution in [2.24, 2.45) is 11.3 Å². The normalized spacial score (nSPS) is 47.8. The molecule has 2 atom stereocenters. The van der Waals surface area contributed by atoms with Crippen LogP contribution < -0.4 is 0 Å². The summed E-state index contributed by atoms with van der Waals surface area (Å²) in [6.07, 6.45) is 6.83. The Kier molecular flexibility index (Phi) is 0.870. The Labute approximate surface area is 57.0 Å². The van der Waals surface area contributed by atoms with Gasteiger partial charge in [0.25, 0.3) is 0 Å².